The molecular formula is C30H23IO5. The molecule has 5 nitrogen and oxygen atoms in total. The molecular weight excluding hydrogens is 567 g/mol. The number of halogens is 1. The molecule has 0 fully saturated rings. The van der Waals surface area contributed by atoms with Gasteiger partial charge in [0.25, 0.3) is 0 Å². The van der Waals surface area contributed by atoms with Crippen LogP contribution in [0.1, 0.15) is 11.1 Å². The molecule has 5 aromatic rings. The van der Waals surface area contributed by atoms with Crippen molar-refractivity contribution in [3.05, 3.63) is 122 Å². The molecule has 0 N–H and O–H groups in total. The number of rotatable bonds is 8. The highest BCUT2D eigenvalue weighted by atomic mass is 127. The van der Waals surface area contributed by atoms with Crippen LogP contribution in [0.15, 0.2) is 106 Å². The van der Waals surface area contributed by atoms with Crippen LogP contribution in [0.2, 0.25) is 0 Å². The maximum absolute atomic E-state index is 13.4. The van der Waals surface area contributed by atoms with Crippen LogP contribution >= 0.6 is 22.6 Å². The van der Waals surface area contributed by atoms with Crippen LogP contribution in [0, 0.1) is 3.57 Å². The summed E-state index contributed by atoms with van der Waals surface area (Å²) < 4.78 is 25.4. The Balaban J connectivity index is 1.63. The van der Waals surface area contributed by atoms with Gasteiger partial charge in [0.15, 0.2) is 16.8 Å². The van der Waals surface area contributed by atoms with Crippen LogP contribution in [0.25, 0.3) is 22.3 Å². The molecule has 0 unspecified atom stereocenters. The van der Waals surface area contributed by atoms with E-state index < -0.39 is 0 Å². The van der Waals surface area contributed by atoms with Crippen LogP contribution in [0.4, 0.5) is 0 Å². The largest absolute Gasteiger partial charge is 0.490 e. The van der Waals surface area contributed by atoms with Crippen molar-refractivity contribution in [3.8, 4) is 28.6 Å². The molecule has 0 aliphatic carbocycles. The molecule has 1 heterocycles. The fourth-order valence-corrected chi connectivity index (χ4v) is 4.26. The smallest absolute Gasteiger partial charge is 0.205 e. The molecule has 5 rings (SSSR count). The third-order valence-electron chi connectivity index (χ3n) is 5.69. The fourth-order valence-electron chi connectivity index (χ4n) is 3.90. The Labute approximate surface area is 222 Å². The third-order valence-corrected chi connectivity index (χ3v) is 6.41. The van der Waals surface area contributed by atoms with Crippen LogP contribution < -0.4 is 19.6 Å². The van der Waals surface area contributed by atoms with E-state index in [-0.39, 0.29) is 11.0 Å². The zero-order chi connectivity index (χ0) is 24.9. The maximum Gasteiger partial charge on any atom is 0.205 e. The van der Waals surface area contributed by atoms with E-state index in [9.17, 15) is 4.79 Å². The third kappa shape index (κ3) is 5.23. The summed E-state index contributed by atoms with van der Waals surface area (Å²) in [6.07, 6.45) is 0. The summed E-state index contributed by atoms with van der Waals surface area (Å²) in [7, 11) is 1.53. The first-order chi connectivity index (χ1) is 17.6. The van der Waals surface area contributed by atoms with Crippen molar-refractivity contribution < 1.29 is 18.6 Å². The normalized spacial score (nSPS) is 10.8. The van der Waals surface area contributed by atoms with E-state index in [1.54, 1.807) is 6.07 Å². The monoisotopic (exact) mass is 590 g/mol. The summed E-state index contributed by atoms with van der Waals surface area (Å²) in [5, 5.41) is 0.309. The average Bonchev–Trinajstić information content (AvgIpc) is 2.91. The lowest BCUT2D eigenvalue weighted by Gasteiger charge is -2.16. The molecule has 1 aromatic heterocycles. The summed E-state index contributed by atoms with van der Waals surface area (Å²) in [5.74, 6) is 1.59. The van der Waals surface area contributed by atoms with E-state index in [0.29, 0.717) is 41.6 Å². The van der Waals surface area contributed by atoms with Crippen molar-refractivity contribution in [1.29, 1.82) is 0 Å². The van der Waals surface area contributed by atoms with Gasteiger partial charge < -0.3 is 18.6 Å². The van der Waals surface area contributed by atoms with Gasteiger partial charge in [-0.05, 0) is 45.9 Å². The molecule has 0 spiro atoms. The minimum Gasteiger partial charge on any atom is -0.490 e. The molecule has 0 saturated carbocycles. The number of methoxy groups -OCH3 is 1. The highest BCUT2D eigenvalue weighted by Gasteiger charge is 2.22. The van der Waals surface area contributed by atoms with Gasteiger partial charge in [-0.2, -0.15) is 0 Å². The minimum absolute atomic E-state index is 0.222. The van der Waals surface area contributed by atoms with Crippen molar-refractivity contribution in [1.82, 2.24) is 0 Å². The highest BCUT2D eigenvalue weighted by molar-refractivity contribution is 14.1. The van der Waals surface area contributed by atoms with E-state index in [4.69, 9.17) is 18.6 Å². The summed E-state index contributed by atoms with van der Waals surface area (Å²) in [6, 6.07) is 30.6. The standard InChI is InChI=1S/C30H23IO5/c1-33-29-27(35-19-21-10-6-3-7-11-21)17-26(34-18-20-8-4-2-5-9-20)28-24(32)16-25(36-30(28)29)22-12-14-23(31)15-13-22/h2-17H,18-19H2,1H3. The van der Waals surface area contributed by atoms with Gasteiger partial charge in [0.2, 0.25) is 5.75 Å². The quantitative estimate of drug-likeness (QED) is 0.179. The molecule has 0 saturated heterocycles. The first kappa shape index (κ1) is 23.9. The van der Waals surface area contributed by atoms with E-state index in [1.165, 1.54) is 13.2 Å². The lowest BCUT2D eigenvalue weighted by Crippen LogP contribution is -2.07. The van der Waals surface area contributed by atoms with Gasteiger partial charge in [-0.3, -0.25) is 4.79 Å². The number of benzene rings is 4. The predicted octanol–water partition coefficient (Wildman–Crippen LogP) is 7.23. The Morgan fingerprint density at radius 3 is 1.92 bits per heavy atom. The van der Waals surface area contributed by atoms with Crippen molar-refractivity contribution in [2.24, 2.45) is 0 Å². The molecule has 0 aliphatic rings. The van der Waals surface area contributed by atoms with Gasteiger partial charge in [0.1, 0.15) is 30.1 Å². The topological polar surface area (TPSA) is 57.9 Å². The Bertz CT molecular complexity index is 1530. The lowest BCUT2D eigenvalue weighted by atomic mass is 10.1. The Hall–Kier alpha value is -3.78. The van der Waals surface area contributed by atoms with E-state index in [2.05, 4.69) is 22.6 Å². The predicted molar refractivity (Wildman–Crippen MR) is 149 cm³/mol. The zero-order valence-corrected chi connectivity index (χ0v) is 21.7. The minimum atomic E-state index is -0.222. The molecule has 0 bridgehead atoms. The first-order valence-corrected chi connectivity index (χ1v) is 12.5. The molecule has 180 valence electrons. The number of hydrogen-bond donors (Lipinski definition) is 0. The summed E-state index contributed by atoms with van der Waals surface area (Å²) in [5.41, 5.74) is 2.83. The van der Waals surface area contributed by atoms with Crippen molar-refractivity contribution in [2.45, 2.75) is 13.2 Å². The SMILES string of the molecule is COc1c(OCc2ccccc2)cc(OCc2ccccc2)c2c(=O)cc(-c3ccc(I)cc3)oc12. The molecule has 6 heteroatoms. The summed E-state index contributed by atoms with van der Waals surface area (Å²) in [6.45, 7) is 0.612. The van der Waals surface area contributed by atoms with E-state index in [1.807, 2.05) is 84.9 Å². The van der Waals surface area contributed by atoms with Crippen molar-refractivity contribution in [2.75, 3.05) is 7.11 Å². The average molecular weight is 590 g/mol. The summed E-state index contributed by atoms with van der Waals surface area (Å²) >= 11 is 2.24. The Morgan fingerprint density at radius 2 is 1.33 bits per heavy atom. The number of hydrogen-bond acceptors (Lipinski definition) is 5. The van der Waals surface area contributed by atoms with Crippen LogP contribution in [-0.2, 0) is 13.2 Å². The molecule has 4 aromatic carbocycles. The van der Waals surface area contributed by atoms with Gasteiger partial charge in [-0.1, -0.05) is 72.8 Å². The second kappa shape index (κ2) is 10.9. The fraction of sp³-hybridized carbons (Fsp3) is 0.100. The van der Waals surface area contributed by atoms with Gasteiger partial charge in [-0.25, -0.2) is 0 Å². The van der Waals surface area contributed by atoms with Crippen molar-refractivity contribution >= 4 is 33.6 Å². The molecule has 36 heavy (non-hydrogen) atoms. The zero-order valence-electron chi connectivity index (χ0n) is 19.6. The van der Waals surface area contributed by atoms with Crippen molar-refractivity contribution in [3.63, 3.8) is 0 Å². The Morgan fingerprint density at radius 1 is 0.750 bits per heavy atom. The van der Waals surface area contributed by atoms with E-state index in [0.717, 1.165) is 20.3 Å². The lowest BCUT2D eigenvalue weighted by molar-refractivity contribution is 0.276. The van der Waals surface area contributed by atoms with E-state index >= 15 is 0 Å². The molecule has 0 atom stereocenters. The molecule has 0 aliphatic heterocycles. The molecule has 0 radical (unpaired) electrons. The highest BCUT2D eigenvalue weighted by Crippen LogP contribution is 2.42. The van der Waals surface area contributed by atoms with Gasteiger partial charge in [-0.15, -0.1) is 0 Å². The van der Waals surface area contributed by atoms with Crippen LogP contribution in [0.3, 0.4) is 0 Å². The second-order valence-electron chi connectivity index (χ2n) is 8.14. The Kier molecular flexibility index (Phi) is 7.23. The number of fused-ring (bicyclic) bond motifs is 1. The van der Waals surface area contributed by atoms with Gasteiger partial charge >= 0.3 is 0 Å². The van der Waals surface area contributed by atoms with Gasteiger partial charge in [0, 0.05) is 21.3 Å². The summed E-state index contributed by atoms with van der Waals surface area (Å²) in [4.78, 5) is 13.4. The first-order valence-electron chi connectivity index (χ1n) is 11.4. The number of ether oxygens (including phenoxy) is 3. The second-order valence-corrected chi connectivity index (χ2v) is 9.39. The van der Waals surface area contributed by atoms with Crippen LogP contribution in [-0.4, -0.2) is 7.11 Å². The van der Waals surface area contributed by atoms with Gasteiger partial charge in [0.05, 0.1) is 7.11 Å². The van der Waals surface area contributed by atoms with Crippen LogP contribution in [0.5, 0.6) is 17.2 Å². The maximum atomic E-state index is 13.4. The molecule has 0 amide bonds.